The summed E-state index contributed by atoms with van der Waals surface area (Å²) in [5.41, 5.74) is 0.570. The van der Waals surface area contributed by atoms with Gasteiger partial charge in [-0.2, -0.15) is 0 Å². The molecule has 1 amide bonds. The van der Waals surface area contributed by atoms with Gasteiger partial charge in [0.15, 0.2) is 0 Å². The second kappa shape index (κ2) is 7.91. The molecule has 0 heterocycles. The highest BCUT2D eigenvalue weighted by Crippen LogP contribution is 2.16. The van der Waals surface area contributed by atoms with E-state index < -0.39 is 10.0 Å². The van der Waals surface area contributed by atoms with E-state index in [1.165, 1.54) is 19.1 Å². The summed E-state index contributed by atoms with van der Waals surface area (Å²) in [6, 6.07) is 5.95. The number of carbonyl (C=O) groups is 1. The van der Waals surface area contributed by atoms with Gasteiger partial charge in [0, 0.05) is 24.0 Å². The number of hydrogen-bond acceptors (Lipinski definition) is 3. The van der Waals surface area contributed by atoms with Crippen molar-refractivity contribution in [3.63, 3.8) is 0 Å². The molecule has 2 N–H and O–H groups in total. The van der Waals surface area contributed by atoms with Crippen LogP contribution in [0.25, 0.3) is 0 Å². The summed E-state index contributed by atoms with van der Waals surface area (Å²) in [5, 5.41) is 3.16. The van der Waals surface area contributed by atoms with Crippen LogP contribution in [-0.2, 0) is 14.8 Å². The molecule has 0 aliphatic rings. The summed E-state index contributed by atoms with van der Waals surface area (Å²) in [5.74, 6) is 0.206. The Morgan fingerprint density at radius 1 is 1.24 bits per heavy atom. The molecule has 21 heavy (non-hydrogen) atoms. The van der Waals surface area contributed by atoms with Gasteiger partial charge in [0.25, 0.3) is 0 Å². The molecule has 0 fully saturated rings. The second-order valence-electron chi connectivity index (χ2n) is 5.31. The number of anilines is 1. The van der Waals surface area contributed by atoms with Gasteiger partial charge < -0.3 is 5.32 Å². The largest absolute Gasteiger partial charge is 0.326 e. The Morgan fingerprint density at radius 2 is 1.81 bits per heavy atom. The van der Waals surface area contributed by atoms with E-state index in [9.17, 15) is 13.2 Å². The van der Waals surface area contributed by atoms with Gasteiger partial charge in [0.05, 0.1) is 4.90 Å². The van der Waals surface area contributed by atoms with E-state index in [1.54, 1.807) is 12.1 Å². The smallest absolute Gasteiger partial charge is 0.240 e. The lowest BCUT2D eigenvalue weighted by atomic mass is 10.1. The van der Waals surface area contributed by atoms with E-state index in [1.807, 2.05) is 13.8 Å². The fourth-order valence-corrected chi connectivity index (χ4v) is 3.81. The number of carbonyl (C=O) groups excluding carboxylic acids is 1. The van der Waals surface area contributed by atoms with Crippen LogP contribution in [0.3, 0.4) is 0 Å². The third kappa shape index (κ3) is 6.15. The fourth-order valence-electron chi connectivity index (χ4n) is 1.92. The normalized spacial score (nSPS) is 13.2. The van der Waals surface area contributed by atoms with Crippen molar-refractivity contribution in [2.24, 2.45) is 5.92 Å². The van der Waals surface area contributed by atoms with Gasteiger partial charge in [0.1, 0.15) is 0 Å². The SMILES string of the molecule is CC(=O)Nc1ccc(S(=O)(=O)NC(CBr)CC(C)C)cc1. The lowest BCUT2D eigenvalue weighted by Gasteiger charge is -2.18. The highest BCUT2D eigenvalue weighted by Gasteiger charge is 2.20. The van der Waals surface area contributed by atoms with Crippen molar-refractivity contribution in [3.8, 4) is 0 Å². The molecule has 1 aromatic carbocycles. The zero-order chi connectivity index (χ0) is 16.0. The average Bonchev–Trinajstić information content (AvgIpc) is 2.37. The molecule has 7 heteroatoms. The minimum absolute atomic E-state index is 0.148. The number of nitrogens with one attached hydrogen (secondary N) is 2. The van der Waals surface area contributed by atoms with Crippen LogP contribution in [0.1, 0.15) is 27.2 Å². The van der Waals surface area contributed by atoms with Gasteiger partial charge in [0.2, 0.25) is 15.9 Å². The van der Waals surface area contributed by atoms with Crippen LogP contribution in [0.4, 0.5) is 5.69 Å². The standard InChI is InChI=1S/C14H21BrN2O3S/c1-10(2)8-13(9-15)17-21(19,20)14-6-4-12(5-7-14)16-11(3)18/h4-7,10,13,17H,8-9H2,1-3H3,(H,16,18). The molecule has 0 aromatic heterocycles. The van der Waals surface area contributed by atoms with Crippen LogP contribution in [0.2, 0.25) is 0 Å². The number of amides is 1. The highest BCUT2D eigenvalue weighted by atomic mass is 79.9. The Labute approximate surface area is 134 Å². The van der Waals surface area contributed by atoms with Crippen LogP contribution in [-0.4, -0.2) is 25.7 Å². The Morgan fingerprint density at radius 3 is 2.24 bits per heavy atom. The first kappa shape index (κ1) is 18.1. The lowest BCUT2D eigenvalue weighted by molar-refractivity contribution is -0.114. The van der Waals surface area contributed by atoms with Crippen molar-refractivity contribution < 1.29 is 13.2 Å². The van der Waals surface area contributed by atoms with Crippen LogP contribution in [0, 0.1) is 5.92 Å². The van der Waals surface area contributed by atoms with Crippen LogP contribution in [0.15, 0.2) is 29.2 Å². The van der Waals surface area contributed by atoms with Gasteiger partial charge in [-0.3, -0.25) is 4.79 Å². The van der Waals surface area contributed by atoms with E-state index >= 15 is 0 Å². The molecule has 1 rings (SSSR count). The Balaban J connectivity index is 2.84. The molecule has 0 aliphatic carbocycles. The number of alkyl halides is 1. The number of rotatable bonds is 7. The van der Waals surface area contributed by atoms with Gasteiger partial charge >= 0.3 is 0 Å². The topological polar surface area (TPSA) is 75.3 Å². The molecule has 0 saturated carbocycles. The Hall–Kier alpha value is -0.920. The Kier molecular flexibility index (Phi) is 6.83. The van der Waals surface area contributed by atoms with Crippen molar-refractivity contribution in [1.82, 2.24) is 4.72 Å². The molecular formula is C14H21BrN2O3S. The highest BCUT2D eigenvalue weighted by molar-refractivity contribution is 9.09. The summed E-state index contributed by atoms with van der Waals surface area (Å²) in [4.78, 5) is 11.1. The van der Waals surface area contributed by atoms with Crippen LogP contribution in [0.5, 0.6) is 0 Å². The van der Waals surface area contributed by atoms with E-state index in [4.69, 9.17) is 0 Å². The summed E-state index contributed by atoms with van der Waals surface area (Å²) in [6.07, 6.45) is 0.758. The Bertz CT molecular complexity index is 570. The first-order chi connectivity index (χ1) is 9.74. The average molecular weight is 377 g/mol. The summed E-state index contributed by atoms with van der Waals surface area (Å²) < 4.78 is 27.3. The van der Waals surface area contributed by atoms with E-state index in [-0.39, 0.29) is 16.8 Å². The zero-order valence-electron chi connectivity index (χ0n) is 12.4. The van der Waals surface area contributed by atoms with Crippen molar-refractivity contribution in [1.29, 1.82) is 0 Å². The zero-order valence-corrected chi connectivity index (χ0v) is 14.8. The maximum absolute atomic E-state index is 12.3. The van der Waals surface area contributed by atoms with Gasteiger partial charge in [-0.25, -0.2) is 13.1 Å². The first-order valence-corrected chi connectivity index (χ1v) is 9.31. The third-order valence-corrected chi connectivity index (χ3v) is 5.07. The molecule has 1 unspecified atom stereocenters. The number of benzene rings is 1. The molecular weight excluding hydrogens is 356 g/mol. The van der Waals surface area contributed by atoms with Gasteiger partial charge in [-0.1, -0.05) is 29.8 Å². The second-order valence-corrected chi connectivity index (χ2v) is 7.67. The van der Waals surface area contributed by atoms with Crippen LogP contribution >= 0.6 is 15.9 Å². The number of hydrogen-bond donors (Lipinski definition) is 2. The molecule has 118 valence electrons. The summed E-state index contributed by atoms with van der Waals surface area (Å²) >= 11 is 3.33. The van der Waals surface area contributed by atoms with Crippen molar-refractivity contribution in [2.45, 2.75) is 38.1 Å². The lowest BCUT2D eigenvalue weighted by Crippen LogP contribution is -2.37. The molecule has 1 aromatic rings. The van der Waals surface area contributed by atoms with E-state index in [0.29, 0.717) is 16.9 Å². The quantitative estimate of drug-likeness (QED) is 0.718. The maximum Gasteiger partial charge on any atom is 0.240 e. The first-order valence-electron chi connectivity index (χ1n) is 6.70. The minimum Gasteiger partial charge on any atom is -0.326 e. The van der Waals surface area contributed by atoms with E-state index in [0.717, 1.165) is 6.42 Å². The number of halogens is 1. The summed E-state index contributed by atoms with van der Waals surface area (Å²) in [6.45, 7) is 5.50. The van der Waals surface area contributed by atoms with Gasteiger partial charge in [-0.15, -0.1) is 0 Å². The molecule has 0 spiro atoms. The molecule has 0 bridgehead atoms. The predicted octanol–water partition coefficient (Wildman–Crippen LogP) is 2.73. The molecule has 0 saturated heterocycles. The molecule has 0 aliphatic heterocycles. The van der Waals surface area contributed by atoms with E-state index in [2.05, 4.69) is 26.0 Å². The predicted molar refractivity (Wildman–Crippen MR) is 88.1 cm³/mol. The molecule has 0 radical (unpaired) electrons. The minimum atomic E-state index is -3.56. The van der Waals surface area contributed by atoms with Crippen molar-refractivity contribution in [2.75, 3.05) is 10.6 Å². The van der Waals surface area contributed by atoms with Crippen molar-refractivity contribution in [3.05, 3.63) is 24.3 Å². The van der Waals surface area contributed by atoms with Crippen LogP contribution < -0.4 is 10.0 Å². The molecule has 5 nitrogen and oxygen atoms in total. The fraction of sp³-hybridized carbons (Fsp3) is 0.500. The van der Waals surface area contributed by atoms with Crippen molar-refractivity contribution >= 4 is 37.5 Å². The number of sulfonamides is 1. The maximum atomic E-state index is 12.3. The molecule has 1 atom stereocenters. The summed E-state index contributed by atoms with van der Waals surface area (Å²) in [7, 11) is -3.56. The van der Waals surface area contributed by atoms with Gasteiger partial charge in [-0.05, 0) is 36.6 Å². The monoisotopic (exact) mass is 376 g/mol. The third-order valence-electron chi connectivity index (χ3n) is 2.75.